The highest BCUT2D eigenvalue weighted by Gasteiger charge is 2.12. The van der Waals surface area contributed by atoms with Gasteiger partial charge in [0.15, 0.2) is 0 Å². The predicted octanol–water partition coefficient (Wildman–Crippen LogP) is 3.21. The van der Waals surface area contributed by atoms with Gasteiger partial charge in [-0.1, -0.05) is 37.6 Å². The van der Waals surface area contributed by atoms with Crippen molar-refractivity contribution in [2.45, 2.75) is 19.8 Å². The third kappa shape index (κ3) is 3.65. The van der Waals surface area contributed by atoms with Gasteiger partial charge < -0.3 is 0 Å². The largest absolute Gasteiger partial charge is 0.275 e. The minimum atomic E-state index is -0.236. The average Bonchev–Trinajstić information content (AvgIpc) is 2.52. The van der Waals surface area contributed by atoms with Gasteiger partial charge >= 0.3 is 0 Å². The molecule has 0 spiro atoms. The van der Waals surface area contributed by atoms with Crippen molar-refractivity contribution in [3.05, 3.63) is 54.4 Å². The van der Waals surface area contributed by atoms with Crippen LogP contribution in [0.3, 0.4) is 0 Å². The number of nitrogens with zero attached hydrogens (tertiary/aromatic N) is 1. The van der Waals surface area contributed by atoms with Crippen LogP contribution in [0, 0.1) is 0 Å². The van der Waals surface area contributed by atoms with Gasteiger partial charge in [0.1, 0.15) is 0 Å². The van der Waals surface area contributed by atoms with Crippen molar-refractivity contribution in [1.29, 1.82) is 0 Å². The van der Waals surface area contributed by atoms with E-state index >= 15 is 0 Å². The number of aromatic nitrogens is 1. The highest BCUT2D eigenvalue weighted by atomic mass is 16.6. The van der Waals surface area contributed by atoms with Crippen molar-refractivity contribution in [2.75, 3.05) is 6.61 Å². The standard InChI is InChI=1S/C16H18N2O2/c1-2-3-11-20-18-16(19)15-9-5-4-8-14(15)13-7-6-10-17-12-13/h4-10,12H,2-3,11H2,1H3,(H,18,19). The van der Waals surface area contributed by atoms with Gasteiger partial charge in [-0.2, -0.15) is 0 Å². The van der Waals surface area contributed by atoms with Gasteiger partial charge in [0, 0.05) is 23.5 Å². The summed E-state index contributed by atoms with van der Waals surface area (Å²) in [5, 5.41) is 0. The zero-order valence-corrected chi connectivity index (χ0v) is 11.5. The van der Waals surface area contributed by atoms with Crippen molar-refractivity contribution in [3.8, 4) is 11.1 Å². The maximum Gasteiger partial charge on any atom is 0.275 e. The molecule has 0 aliphatic rings. The Hall–Kier alpha value is -2.20. The Balaban J connectivity index is 2.14. The molecule has 0 aliphatic heterocycles. The van der Waals surface area contributed by atoms with E-state index in [1.54, 1.807) is 18.5 Å². The first-order chi connectivity index (χ1) is 9.83. The molecule has 20 heavy (non-hydrogen) atoms. The van der Waals surface area contributed by atoms with E-state index in [2.05, 4.69) is 17.4 Å². The van der Waals surface area contributed by atoms with Crippen LogP contribution >= 0.6 is 0 Å². The normalized spacial score (nSPS) is 10.2. The van der Waals surface area contributed by atoms with Gasteiger partial charge in [-0.3, -0.25) is 14.6 Å². The van der Waals surface area contributed by atoms with E-state index < -0.39 is 0 Å². The van der Waals surface area contributed by atoms with Crippen LogP contribution in [0.5, 0.6) is 0 Å². The molecule has 104 valence electrons. The molecule has 2 aromatic rings. The number of pyridine rings is 1. The van der Waals surface area contributed by atoms with E-state index in [0.29, 0.717) is 12.2 Å². The molecule has 0 atom stereocenters. The smallest absolute Gasteiger partial charge is 0.273 e. The van der Waals surface area contributed by atoms with Crippen LogP contribution < -0.4 is 5.48 Å². The van der Waals surface area contributed by atoms with Gasteiger partial charge in [0.2, 0.25) is 0 Å². The molecule has 1 amide bonds. The average molecular weight is 270 g/mol. The zero-order chi connectivity index (χ0) is 14.2. The van der Waals surface area contributed by atoms with Gasteiger partial charge in [0.25, 0.3) is 5.91 Å². The van der Waals surface area contributed by atoms with E-state index in [1.807, 2.05) is 30.3 Å². The molecule has 1 aromatic carbocycles. The monoisotopic (exact) mass is 270 g/mol. The summed E-state index contributed by atoms with van der Waals surface area (Å²) in [5.41, 5.74) is 4.82. The molecule has 0 aliphatic carbocycles. The first-order valence-corrected chi connectivity index (χ1v) is 6.74. The highest BCUT2D eigenvalue weighted by Crippen LogP contribution is 2.22. The fraction of sp³-hybridized carbons (Fsp3) is 0.250. The van der Waals surface area contributed by atoms with Crippen molar-refractivity contribution in [3.63, 3.8) is 0 Å². The zero-order valence-electron chi connectivity index (χ0n) is 11.5. The van der Waals surface area contributed by atoms with E-state index in [9.17, 15) is 4.79 Å². The number of benzene rings is 1. The predicted molar refractivity (Wildman–Crippen MR) is 78.0 cm³/mol. The number of amides is 1. The summed E-state index contributed by atoms with van der Waals surface area (Å²) >= 11 is 0. The van der Waals surface area contributed by atoms with Crippen molar-refractivity contribution in [1.82, 2.24) is 10.5 Å². The summed E-state index contributed by atoms with van der Waals surface area (Å²) in [6.07, 6.45) is 5.40. The molecule has 1 aromatic heterocycles. The summed E-state index contributed by atoms with van der Waals surface area (Å²) in [4.78, 5) is 21.4. The molecule has 0 fully saturated rings. The first kappa shape index (κ1) is 14.2. The van der Waals surface area contributed by atoms with Crippen LogP contribution in [0.1, 0.15) is 30.1 Å². The molecule has 0 saturated carbocycles. The Morgan fingerprint density at radius 2 is 2.10 bits per heavy atom. The lowest BCUT2D eigenvalue weighted by Gasteiger charge is -2.10. The Bertz CT molecular complexity index is 555. The minimum absolute atomic E-state index is 0.236. The lowest BCUT2D eigenvalue weighted by Crippen LogP contribution is -2.24. The molecular weight excluding hydrogens is 252 g/mol. The van der Waals surface area contributed by atoms with E-state index in [1.165, 1.54) is 0 Å². The number of hydroxylamine groups is 1. The third-order valence-electron chi connectivity index (χ3n) is 2.91. The molecule has 2 rings (SSSR count). The fourth-order valence-corrected chi connectivity index (χ4v) is 1.84. The fourth-order valence-electron chi connectivity index (χ4n) is 1.84. The van der Waals surface area contributed by atoms with E-state index in [0.717, 1.165) is 24.0 Å². The van der Waals surface area contributed by atoms with Crippen molar-refractivity contribution in [2.24, 2.45) is 0 Å². The third-order valence-corrected chi connectivity index (χ3v) is 2.91. The molecule has 1 heterocycles. The summed E-state index contributed by atoms with van der Waals surface area (Å²) < 4.78 is 0. The molecule has 1 N–H and O–H groups in total. The molecule has 0 saturated heterocycles. The first-order valence-electron chi connectivity index (χ1n) is 6.74. The van der Waals surface area contributed by atoms with Gasteiger partial charge in [-0.05, 0) is 24.1 Å². The van der Waals surface area contributed by atoms with E-state index in [-0.39, 0.29) is 5.91 Å². The quantitative estimate of drug-likeness (QED) is 0.647. The minimum Gasteiger partial charge on any atom is -0.273 e. The van der Waals surface area contributed by atoms with Crippen LogP contribution in [0.4, 0.5) is 0 Å². The van der Waals surface area contributed by atoms with Crippen LogP contribution in [0.15, 0.2) is 48.8 Å². The van der Waals surface area contributed by atoms with Crippen LogP contribution in [0.2, 0.25) is 0 Å². The van der Waals surface area contributed by atoms with Gasteiger partial charge in [-0.15, -0.1) is 0 Å². The van der Waals surface area contributed by atoms with Crippen molar-refractivity contribution < 1.29 is 9.63 Å². The molecular formula is C16H18N2O2. The van der Waals surface area contributed by atoms with Crippen molar-refractivity contribution >= 4 is 5.91 Å². The molecule has 0 unspecified atom stereocenters. The summed E-state index contributed by atoms with van der Waals surface area (Å²) in [6, 6.07) is 11.2. The maximum absolute atomic E-state index is 12.1. The second-order valence-electron chi connectivity index (χ2n) is 4.42. The molecule has 4 nitrogen and oxygen atoms in total. The van der Waals surface area contributed by atoms with Gasteiger partial charge in [-0.25, -0.2) is 5.48 Å². The molecule has 4 heteroatoms. The van der Waals surface area contributed by atoms with Crippen LogP contribution in [0.25, 0.3) is 11.1 Å². The number of hydrogen-bond donors (Lipinski definition) is 1. The van der Waals surface area contributed by atoms with E-state index in [4.69, 9.17) is 4.84 Å². The molecule has 0 radical (unpaired) electrons. The summed E-state index contributed by atoms with van der Waals surface area (Å²) in [5.74, 6) is -0.236. The Morgan fingerprint density at radius 1 is 1.25 bits per heavy atom. The lowest BCUT2D eigenvalue weighted by atomic mass is 10.0. The Labute approximate surface area is 118 Å². The maximum atomic E-state index is 12.1. The number of nitrogens with one attached hydrogen (secondary N) is 1. The molecule has 0 bridgehead atoms. The number of unbranched alkanes of at least 4 members (excludes halogenated alkanes) is 1. The number of rotatable bonds is 6. The summed E-state index contributed by atoms with van der Waals surface area (Å²) in [7, 11) is 0. The Kier molecular flexibility index (Phi) is 5.26. The van der Waals surface area contributed by atoms with Crippen LogP contribution in [-0.2, 0) is 4.84 Å². The van der Waals surface area contributed by atoms with Gasteiger partial charge in [0.05, 0.1) is 6.61 Å². The number of carbonyl (C=O) groups is 1. The second-order valence-corrected chi connectivity index (χ2v) is 4.42. The number of carbonyl (C=O) groups excluding carboxylic acids is 1. The van der Waals surface area contributed by atoms with Crippen LogP contribution in [-0.4, -0.2) is 17.5 Å². The Morgan fingerprint density at radius 3 is 2.85 bits per heavy atom. The topological polar surface area (TPSA) is 51.2 Å². The highest BCUT2D eigenvalue weighted by molar-refractivity contribution is 6.00. The SMILES string of the molecule is CCCCONC(=O)c1ccccc1-c1cccnc1. The summed E-state index contributed by atoms with van der Waals surface area (Å²) in [6.45, 7) is 2.60. The number of hydrogen-bond acceptors (Lipinski definition) is 3. The lowest BCUT2D eigenvalue weighted by molar-refractivity contribution is 0.0302. The second kappa shape index (κ2) is 7.40.